The number of ketones is 1. The Bertz CT molecular complexity index is 496. The van der Waals surface area contributed by atoms with Crippen LogP contribution in [-0.2, 0) is 0 Å². The second-order valence-electron chi connectivity index (χ2n) is 3.42. The summed E-state index contributed by atoms with van der Waals surface area (Å²) in [6, 6.07) is 6.13. The van der Waals surface area contributed by atoms with Gasteiger partial charge in [0.25, 0.3) is 0 Å². The minimum absolute atomic E-state index is 0.109. The summed E-state index contributed by atoms with van der Waals surface area (Å²) in [6.45, 7) is 0. The number of benzene rings is 1. The summed E-state index contributed by atoms with van der Waals surface area (Å²) >= 11 is 11.6. The van der Waals surface area contributed by atoms with Crippen LogP contribution in [0.4, 0.5) is 0 Å². The SMILES string of the molecule is O=C(c1ccc(Cl)cc1)C(CCl)n1ccnn1. The Morgan fingerprint density at radius 2 is 2.06 bits per heavy atom. The second kappa shape index (κ2) is 5.29. The van der Waals surface area contributed by atoms with Crippen LogP contribution in [0.5, 0.6) is 0 Å². The third-order valence-electron chi connectivity index (χ3n) is 2.34. The molecular formula is C11H9Cl2N3O. The van der Waals surface area contributed by atoms with Crippen molar-refractivity contribution >= 4 is 29.0 Å². The van der Waals surface area contributed by atoms with Gasteiger partial charge < -0.3 is 0 Å². The van der Waals surface area contributed by atoms with Crippen LogP contribution in [0.3, 0.4) is 0 Å². The maximum Gasteiger partial charge on any atom is 0.188 e. The summed E-state index contributed by atoms with van der Waals surface area (Å²) in [6.07, 6.45) is 3.12. The number of carbonyl (C=O) groups is 1. The molecule has 0 N–H and O–H groups in total. The fourth-order valence-electron chi connectivity index (χ4n) is 1.45. The third kappa shape index (κ3) is 2.65. The number of hydrogen-bond donors (Lipinski definition) is 0. The summed E-state index contributed by atoms with van der Waals surface area (Å²) in [5.41, 5.74) is 0.551. The van der Waals surface area contributed by atoms with Crippen LogP contribution >= 0.6 is 23.2 Å². The molecule has 1 atom stereocenters. The van der Waals surface area contributed by atoms with E-state index in [1.165, 1.54) is 10.9 Å². The molecule has 17 heavy (non-hydrogen) atoms. The van der Waals surface area contributed by atoms with Crippen molar-refractivity contribution in [2.45, 2.75) is 6.04 Å². The Balaban J connectivity index is 2.26. The molecule has 2 rings (SSSR count). The number of carbonyl (C=O) groups excluding carboxylic acids is 1. The van der Waals surface area contributed by atoms with Gasteiger partial charge in [-0.05, 0) is 24.3 Å². The molecule has 1 heterocycles. The van der Waals surface area contributed by atoms with E-state index in [1.54, 1.807) is 30.5 Å². The maximum atomic E-state index is 12.2. The summed E-state index contributed by atoms with van der Waals surface area (Å²) in [4.78, 5) is 12.2. The number of nitrogens with zero attached hydrogens (tertiary/aromatic N) is 3. The van der Waals surface area contributed by atoms with Gasteiger partial charge in [-0.15, -0.1) is 16.7 Å². The van der Waals surface area contributed by atoms with E-state index in [0.29, 0.717) is 10.6 Å². The Hall–Kier alpha value is -1.39. The largest absolute Gasteiger partial charge is 0.292 e. The van der Waals surface area contributed by atoms with Crippen molar-refractivity contribution in [1.29, 1.82) is 0 Å². The van der Waals surface area contributed by atoms with Gasteiger partial charge in [-0.3, -0.25) is 4.79 Å². The van der Waals surface area contributed by atoms with Gasteiger partial charge in [-0.1, -0.05) is 16.8 Å². The Morgan fingerprint density at radius 3 is 2.59 bits per heavy atom. The third-order valence-corrected chi connectivity index (χ3v) is 2.88. The average molecular weight is 270 g/mol. The molecule has 0 bridgehead atoms. The second-order valence-corrected chi connectivity index (χ2v) is 4.17. The molecule has 1 unspecified atom stereocenters. The number of hydrogen-bond acceptors (Lipinski definition) is 3. The van der Waals surface area contributed by atoms with Crippen LogP contribution in [0, 0.1) is 0 Å². The molecular weight excluding hydrogens is 261 g/mol. The first-order chi connectivity index (χ1) is 8.22. The molecule has 4 nitrogen and oxygen atoms in total. The van der Waals surface area contributed by atoms with E-state index in [1.807, 2.05) is 0 Å². The highest BCUT2D eigenvalue weighted by Gasteiger charge is 2.21. The van der Waals surface area contributed by atoms with Crippen LogP contribution in [0.2, 0.25) is 5.02 Å². The first kappa shape index (κ1) is 12.1. The lowest BCUT2D eigenvalue weighted by atomic mass is 10.1. The van der Waals surface area contributed by atoms with Crippen molar-refractivity contribution in [3.05, 3.63) is 47.2 Å². The van der Waals surface area contributed by atoms with Crippen LogP contribution in [0.25, 0.3) is 0 Å². The topological polar surface area (TPSA) is 47.8 Å². The molecule has 2 aromatic rings. The van der Waals surface area contributed by atoms with Crippen molar-refractivity contribution in [1.82, 2.24) is 15.0 Å². The fourth-order valence-corrected chi connectivity index (χ4v) is 1.86. The molecule has 0 aliphatic carbocycles. The fraction of sp³-hybridized carbons (Fsp3) is 0.182. The minimum atomic E-state index is -0.541. The lowest BCUT2D eigenvalue weighted by Gasteiger charge is -2.12. The van der Waals surface area contributed by atoms with Gasteiger partial charge in [-0.25, -0.2) is 4.68 Å². The van der Waals surface area contributed by atoms with Gasteiger partial charge in [0.05, 0.1) is 12.1 Å². The van der Waals surface area contributed by atoms with Crippen molar-refractivity contribution in [2.75, 3.05) is 5.88 Å². The monoisotopic (exact) mass is 269 g/mol. The van der Waals surface area contributed by atoms with Crippen molar-refractivity contribution in [2.24, 2.45) is 0 Å². The zero-order valence-corrected chi connectivity index (χ0v) is 10.3. The summed E-state index contributed by atoms with van der Waals surface area (Å²) in [7, 11) is 0. The van der Waals surface area contributed by atoms with Gasteiger partial charge in [-0.2, -0.15) is 0 Å². The van der Waals surface area contributed by atoms with Gasteiger partial charge in [0, 0.05) is 16.8 Å². The van der Waals surface area contributed by atoms with Crippen LogP contribution in [0.1, 0.15) is 16.4 Å². The number of aromatic nitrogens is 3. The lowest BCUT2D eigenvalue weighted by molar-refractivity contribution is 0.0929. The number of halogens is 2. The Kier molecular flexibility index (Phi) is 3.76. The Morgan fingerprint density at radius 1 is 1.35 bits per heavy atom. The smallest absolute Gasteiger partial charge is 0.188 e. The first-order valence-electron chi connectivity index (χ1n) is 4.94. The van der Waals surface area contributed by atoms with E-state index in [2.05, 4.69) is 10.3 Å². The molecule has 0 saturated carbocycles. The first-order valence-corrected chi connectivity index (χ1v) is 5.85. The molecule has 6 heteroatoms. The molecule has 88 valence electrons. The Labute approximate surface area is 108 Å². The zero-order chi connectivity index (χ0) is 12.3. The van der Waals surface area contributed by atoms with Crippen LogP contribution in [0.15, 0.2) is 36.7 Å². The van der Waals surface area contributed by atoms with Crippen molar-refractivity contribution in [3.8, 4) is 0 Å². The standard InChI is InChI=1S/C11H9Cl2N3O/c12-7-10(16-6-5-14-15-16)11(17)8-1-3-9(13)4-2-8/h1-6,10H,7H2. The van der Waals surface area contributed by atoms with Crippen LogP contribution in [-0.4, -0.2) is 26.7 Å². The predicted octanol–water partition coefficient (Wildman–Crippen LogP) is 2.59. The highest BCUT2D eigenvalue weighted by molar-refractivity contribution is 6.30. The number of rotatable bonds is 4. The van der Waals surface area contributed by atoms with Gasteiger partial charge in [0.1, 0.15) is 6.04 Å². The molecule has 1 aromatic heterocycles. The molecule has 0 aliphatic heterocycles. The molecule has 0 radical (unpaired) electrons. The maximum absolute atomic E-state index is 12.2. The van der Waals surface area contributed by atoms with E-state index in [4.69, 9.17) is 23.2 Å². The van der Waals surface area contributed by atoms with Crippen molar-refractivity contribution < 1.29 is 4.79 Å². The number of alkyl halides is 1. The molecule has 0 fully saturated rings. The van der Waals surface area contributed by atoms with E-state index < -0.39 is 6.04 Å². The van der Waals surface area contributed by atoms with Gasteiger partial charge in [0.2, 0.25) is 0 Å². The lowest BCUT2D eigenvalue weighted by Crippen LogP contribution is -2.22. The molecule has 1 aromatic carbocycles. The van der Waals surface area contributed by atoms with Crippen molar-refractivity contribution in [3.63, 3.8) is 0 Å². The quantitative estimate of drug-likeness (QED) is 0.633. The highest BCUT2D eigenvalue weighted by atomic mass is 35.5. The molecule has 0 aliphatic rings. The van der Waals surface area contributed by atoms with Gasteiger partial charge in [0.15, 0.2) is 5.78 Å². The minimum Gasteiger partial charge on any atom is -0.292 e. The van der Waals surface area contributed by atoms with E-state index in [9.17, 15) is 4.79 Å². The molecule has 0 amide bonds. The van der Waals surface area contributed by atoms with Crippen LogP contribution < -0.4 is 0 Å². The highest BCUT2D eigenvalue weighted by Crippen LogP contribution is 2.17. The van der Waals surface area contributed by atoms with E-state index in [0.717, 1.165) is 0 Å². The summed E-state index contributed by atoms with van der Waals surface area (Å²) in [5, 5.41) is 8.04. The average Bonchev–Trinajstić information content (AvgIpc) is 2.84. The molecule has 0 spiro atoms. The molecule has 0 saturated heterocycles. The zero-order valence-electron chi connectivity index (χ0n) is 8.75. The van der Waals surface area contributed by atoms with Gasteiger partial charge >= 0.3 is 0 Å². The van der Waals surface area contributed by atoms with E-state index >= 15 is 0 Å². The predicted molar refractivity (Wildman–Crippen MR) is 65.6 cm³/mol. The number of Topliss-reactive ketones (excluding diaryl/α,β-unsaturated/α-hetero) is 1. The normalized spacial score (nSPS) is 12.4. The summed E-state index contributed by atoms with van der Waals surface area (Å²) in [5.74, 6) is 0.0346. The summed E-state index contributed by atoms with van der Waals surface area (Å²) < 4.78 is 1.45. The van der Waals surface area contributed by atoms with E-state index in [-0.39, 0.29) is 11.7 Å².